The summed E-state index contributed by atoms with van der Waals surface area (Å²) in [6.07, 6.45) is 9.18. The molecular weight excluding hydrogens is 234 g/mol. The molecule has 17 heavy (non-hydrogen) atoms. The Morgan fingerprint density at radius 3 is 2.94 bits per heavy atom. The fourth-order valence-electron chi connectivity index (χ4n) is 1.55. The largest absolute Gasteiger partial charge is 0.312 e. The summed E-state index contributed by atoms with van der Waals surface area (Å²) in [5.41, 5.74) is 0. The lowest BCUT2D eigenvalue weighted by molar-refractivity contribution is 0.554. The van der Waals surface area contributed by atoms with Crippen molar-refractivity contribution in [3.05, 3.63) is 24.8 Å². The molecule has 0 unspecified atom stereocenters. The average Bonchev–Trinajstić information content (AvgIpc) is 2.95. The van der Waals surface area contributed by atoms with E-state index in [-0.39, 0.29) is 0 Å². The van der Waals surface area contributed by atoms with Gasteiger partial charge in [-0.1, -0.05) is 18.2 Å². The molecule has 0 N–H and O–H groups in total. The van der Waals surface area contributed by atoms with Crippen molar-refractivity contribution in [2.75, 3.05) is 5.75 Å². The molecule has 2 aromatic heterocycles. The van der Waals surface area contributed by atoms with Gasteiger partial charge in [-0.15, -0.1) is 10.2 Å². The van der Waals surface area contributed by atoms with Crippen molar-refractivity contribution >= 4 is 11.8 Å². The Hall–Kier alpha value is -1.30. The van der Waals surface area contributed by atoms with E-state index in [4.69, 9.17) is 0 Å². The van der Waals surface area contributed by atoms with E-state index in [1.807, 2.05) is 34.8 Å². The van der Waals surface area contributed by atoms with Crippen LogP contribution in [0.5, 0.6) is 0 Å². The van der Waals surface area contributed by atoms with Crippen molar-refractivity contribution in [1.29, 1.82) is 0 Å². The molecule has 0 radical (unpaired) electrons. The van der Waals surface area contributed by atoms with Gasteiger partial charge in [0.1, 0.15) is 6.33 Å². The van der Waals surface area contributed by atoms with Crippen molar-refractivity contribution < 1.29 is 0 Å². The standard InChI is InChI=1S/C11H17N5S/c1-15-10-12-14-11(15)17-9-4-2-3-7-16-8-5-6-13-16/h5-6,8,10H,2-4,7,9H2,1H3. The van der Waals surface area contributed by atoms with Crippen molar-refractivity contribution in [1.82, 2.24) is 24.5 Å². The molecule has 6 heteroatoms. The van der Waals surface area contributed by atoms with Gasteiger partial charge < -0.3 is 4.57 Å². The molecule has 0 amide bonds. The average molecular weight is 251 g/mol. The first kappa shape index (κ1) is 12.2. The summed E-state index contributed by atoms with van der Waals surface area (Å²) in [4.78, 5) is 0. The van der Waals surface area contributed by atoms with Gasteiger partial charge >= 0.3 is 0 Å². The summed E-state index contributed by atoms with van der Waals surface area (Å²) in [6.45, 7) is 1.02. The number of aryl methyl sites for hydroxylation is 2. The highest BCUT2D eigenvalue weighted by molar-refractivity contribution is 7.99. The number of hydrogen-bond acceptors (Lipinski definition) is 4. The Kier molecular flexibility index (Phi) is 4.61. The van der Waals surface area contributed by atoms with E-state index in [9.17, 15) is 0 Å². The van der Waals surface area contributed by atoms with Crippen LogP contribution in [0.1, 0.15) is 19.3 Å². The van der Waals surface area contributed by atoms with Gasteiger partial charge in [0.25, 0.3) is 0 Å². The zero-order valence-corrected chi connectivity index (χ0v) is 10.8. The summed E-state index contributed by atoms with van der Waals surface area (Å²) >= 11 is 1.77. The van der Waals surface area contributed by atoms with Crippen LogP contribution in [0.15, 0.2) is 29.9 Å². The quantitative estimate of drug-likeness (QED) is 0.557. The maximum absolute atomic E-state index is 4.18. The molecule has 0 fully saturated rings. The summed E-state index contributed by atoms with van der Waals surface area (Å²) in [6, 6.07) is 1.96. The molecule has 0 saturated heterocycles. The number of nitrogens with zero attached hydrogens (tertiary/aromatic N) is 5. The van der Waals surface area contributed by atoms with Crippen LogP contribution >= 0.6 is 11.8 Å². The zero-order valence-electron chi connectivity index (χ0n) is 9.99. The van der Waals surface area contributed by atoms with Crippen LogP contribution in [0, 0.1) is 0 Å². The Morgan fingerprint density at radius 1 is 1.29 bits per heavy atom. The van der Waals surface area contributed by atoms with Gasteiger partial charge in [-0.25, -0.2) is 0 Å². The van der Waals surface area contributed by atoms with Crippen LogP contribution in [-0.2, 0) is 13.6 Å². The summed E-state index contributed by atoms with van der Waals surface area (Å²) in [5, 5.41) is 13.1. The van der Waals surface area contributed by atoms with E-state index in [2.05, 4.69) is 15.3 Å². The second-order valence-corrected chi connectivity index (χ2v) is 4.96. The first-order chi connectivity index (χ1) is 8.36. The summed E-state index contributed by atoms with van der Waals surface area (Å²) in [7, 11) is 1.97. The van der Waals surface area contributed by atoms with E-state index in [1.165, 1.54) is 19.3 Å². The molecule has 2 aromatic rings. The molecular formula is C11H17N5S. The monoisotopic (exact) mass is 251 g/mol. The van der Waals surface area contributed by atoms with Gasteiger partial charge in [0.15, 0.2) is 5.16 Å². The number of thioether (sulfide) groups is 1. The molecule has 2 heterocycles. The second-order valence-electron chi connectivity index (χ2n) is 3.90. The fourth-order valence-corrected chi connectivity index (χ4v) is 2.44. The van der Waals surface area contributed by atoms with Crippen molar-refractivity contribution in [3.63, 3.8) is 0 Å². The van der Waals surface area contributed by atoms with Crippen LogP contribution < -0.4 is 0 Å². The number of aromatic nitrogens is 5. The minimum atomic E-state index is 0.997. The molecule has 0 aromatic carbocycles. The van der Waals surface area contributed by atoms with E-state index in [0.717, 1.165) is 17.5 Å². The lowest BCUT2D eigenvalue weighted by Crippen LogP contribution is -1.98. The third-order valence-electron chi connectivity index (χ3n) is 2.49. The molecule has 0 bridgehead atoms. The maximum Gasteiger partial charge on any atom is 0.190 e. The highest BCUT2D eigenvalue weighted by atomic mass is 32.2. The lowest BCUT2D eigenvalue weighted by Gasteiger charge is -2.02. The van der Waals surface area contributed by atoms with Crippen LogP contribution in [0.3, 0.4) is 0 Å². The van der Waals surface area contributed by atoms with Gasteiger partial charge in [0.05, 0.1) is 0 Å². The van der Waals surface area contributed by atoms with Gasteiger partial charge in [-0.3, -0.25) is 4.68 Å². The van der Waals surface area contributed by atoms with Crippen molar-refractivity contribution in [3.8, 4) is 0 Å². The molecule has 0 atom stereocenters. The van der Waals surface area contributed by atoms with Crippen LogP contribution in [0.25, 0.3) is 0 Å². The third-order valence-corrected chi connectivity index (χ3v) is 3.61. The zero-order chi connectivity index (χ0) is 11.9. The Bertz CT molecular complexity index is 423. The topological polar surface area (TPSA) is 48.5 Å². The van der Waals surface area contributed by atoms with Gasteiger partial charge in [0, 0.05) is 31.7 Å². The van der Waals surface area contributed by atoms with Gasteiger partial charge in [0.2, 0.25) is 0 Å². The van der Waals surface area contributed by atoms with E-state index in [1.54, 1.807) is 18.1 Å². The Labute approximate surface area is 105 Å². The second kappa shape index (κ2) is 6.44. The number of unbranched alkanes of at least 4 members (excludes halogenated alkanes) is 2. The minimum Gasteiger partial charge on any atom is -0.312 e. The Balaban J connectivity index is 1.54. The molecule has 0 aliphatic carbocycles. The van der Waals surface area contributed by atoms with Crippen LogP contribution in [-0.4, -0.2) is 30.3 Å². The molecule has 0 spiro atoms. The molecule has 0 aliphatic heterocycles. The predicted molar refractivity (Wildman–Crippen MR) is 67.8 cm³/mol. The lowest BCUT2D eigenvalue weighted by atomic mass is 10.2. The van der Waals surface area contributed by atoms with E-state index in [0.29, 0.717) is 0 Å². The normalized spacial score (nSPS) is 10.9. The smallest absolute Gasteiger partial charge is 0.190 e. The van der Waals surface area contributed by atoms with Crippen LogP contribution in [0.4, 0.5) is 0 Å². The maximum atomic E-state index is 4.18. The first-order valence-electron chi connectivity index (χ1n) is 5.80. The Morgan fingerprint density at radius 2 is 2.24 bits per heavy atom. The summed E-state index contributed by atoms with van der Waals surface area (Å²) in [5.74, 6) is 1.10. The van der Waals surface area contributed by atoms with Gasteiger partial charge in [-0.05, 0) is 18.9 Å². The summed E-state index contributed by atoms with van der Waals surface area (Å²) < 4.78 is 3.93. The highest BCUT2D eigenvalue weighted by Crippen LogP contribution is 2.15. The van der Waals surface area contributed by atoms with Gasteiger partial charge in [-0.2, -0.15) is 5.10 Å². The van der Waals surface area contributed by atoms with Crippen molar-refractivity contribution in [2.24, 2.45) is 7.05 Å². The van der Waals surface area contributed by atoms with Crippen LogP contribution in [0.2, 0.25) is 0 Å². The minimum absolute atomic E-state index is 0.997. The molecule has 5 nitrogen and oxygen atoms in total. The molecule has 0 saturated carbocycles. The third kappa shape index (κ3) is 3.89. The fraction of sp³-hybridized carbons (Fsp3) is 0.545. The molecule has 92 valence electrons. The van der Waals surface area contributed by atoms with Crippen molar-refractivity contribution in [2.45, 2.75) is 31.0 Å². The SMILES string of the molecule is Cn1cnnc1SCCCCCn1cccn1. The highest BCUT2D eigenvalue weighted by Gasteiger charge is 2.00. The van der Waals surface area contributed by atoms with E-state index < -0.39 is 0 Å². The first-order valence-corrected chi connectivity index (χ1v) is 6.79. The number of hydrogen-bond donors (Lipinski definition) is 0. The molecule has 0 aliphatic rings. The molecule has 2 rings (SSSR count). The van der Waals surface area contributed by atoms with E-state index >= 15 is 0 Å². The predicted octanol–water partition coefficient (Wildman–Crippen LogP) is 1.97. The number of rotatable bonds is 7.